The van der Waals surface area contributed by atoms with Crippen molar-refractivity contribution in [1.82, 2.24) is 14.5 Å². The van der Waals surface area contributed by atoms with Gasteiger partial charge in [0.05, 0.1) is 30.8 Å². The van der Waals surface area contributed by atoms with Gasteiger partial charge in [0, 0.05) is 27.2 Å². The van der Waals surface area contributed by atoms with E-state index in [1.807, 2.05) is 91.0 Å². The lowest BCUT2D eigenvalue weighted by atomic mass is 10.0. The van der Waals surface area contributed by atoms with E-state index in [0.29, 0.717) is 21.1 Å². The van der Waals surface area contributed by atoms with E-state index in [1.54, 1.807) is 23.5 Å². The third kappa shape index (κ3) is 5.90. The molecule has 0 saturated heterocycles. The highest BCUT2D eigenvalue weighted by Crippen LogP contribution is 2.41. The highest BCUT2D eigenvalue weighted by molar-refractivity contribution is 8.01. The first-order chi connectivity index (χ1) is 23.4. The number of nitrogens with one attached hydrogen (secondary N) is 1. The molecule has 0 aliphatic rings. The number of halogens is 1. The second-order valence-electron chi connectivity index (χ2n) is 11.3. The zero-order valence-electron chi connectivity index (χ0n) is 25.4. The summed E-state index contributed by atoms with van der Waals surface area (Å²) >= 11 is 11.0. The van der Waals surface area contributed by atoms with Gasteiger partial charge in [-0.3, -0.25) is 14.2 Å². The van der Waals surface area contributed by atoms with E-state index in [9.17, 15) is 9.59 Å². The molecule has 3 heterocycles. The largest absolute Gasteiger partial charge is 0.325 e. The van der Waals surface area contributed by atoms with Crippen LogP contribution >= 0.6 is 46.0 Å². The predicted molar refractivity (Wildman–Crippen MR) is 201 cm³/mol. The van der Waals surface area contributed by atoms with Crippen molar-refractivity contribution in [3.05, 3.63) is 136 Å². The van der Waals surface area contributed by atoms with E-state index in [2.05, 4.69) is 24.4 Å². The molecule has 3 aromatic heterocycles. The molecule has 10 heteroatoms. The number of aromatic nitrogens is 3. The third-order valence-corrected chi connectivity index (χ3v) is 11.5. The van der Waals surface area contributed by atoms with Crippen LogP contribution in [0.15, 0.2) is 129 Å². The normalized spacial score (nSPS) is 11.5. The molecule has 0 aliphatic heterocycles. The number of hydrogen-bond donors (Lipinski definition) is 1. The van der Waals surface area contributed by atoms with Crippen LogP contribution in [0.5, 0.6) is 0 Å². The highest BCUT2D eigenvalue weighted by atomic mass is 35.5. The maximum absolute atomic E-state index is 14.5. The van der Waals surface area contributed by atoms with Crippen molar-refractivity contribution in [2.24, 2.45) is 0 Å². The Hall–Kier alpha value is -4.80. The summed E-state index contributed by atoms with van der Waals surface area (Å²) in [6.07, 6.45) is 0. The first-order valence-corrected chi connectivity index (χ1v) is 17.9. The van der Waals surface area contributed by atoms with Gasteiger partial charge in [-0.05, 0) is 84.8 Å². The maximum Gasteiger partial charge on any atom is 0.266 e. The smallest absolute Gasteiger partial charge is 0.266 e. The Labute approximate surface area is 292 Å². The second-order valence-corrected chi connectivity index (χ2v) is 15.0. The lowest BCUT2D eigenvalue weighted by Gasteiger charge is -2.18. The molecule has 6 nitrogen and oxygen atoms in total. The van der Waals surface area contributed by atoms with Crippen molar-refractivity contribution in [1.29, 1.82) is 0 Å². The van der Waals surface area contributed by atoms with Crippen molar-refractivity contribution >= 4 is 89.0 Å². The number of aryl methyl sites for hydroxylation is 1. The fraction of sp³-hybridized carbons (Fsp3) is 0.0526. The number of anilines is 1. The summed E-state index contributed by atoms with van der Waals surface area (Å²) < 4.78 is 4.45. The maximum atomic E-state index is 14.5. The summed E-state index contributed by atoms with van der Waals surface area (Å²) in [4.78, 5) is 38.1. The number of amides is 1. The van der Waals surface area contributed by atoms with Crippen LogP contribution < -0.4 is 10.9 Å². The van der Waals surface area contributed by atoms with Crippen molar-refractivity contribution in [3.63, 3.8) is 0 Å². The average Bonchev–Trinajstić information content (AvgIpc) is 3.71. The molecule has 234 valence electrons. The molecular weight excluding hydrogens is 676 g/mol. The topological polar surface area (TPSA) is 76.9 Å². The summed E-state index contributed by atoms with van der Waals surface area (Å²) in [5.41, 5.74) is 6.63. The average molecular weight is 701 g/mol. The number of carbonyl (C=O) groups is 1. The summed E-state index contributed by atoms with van der Waals surface area (Å²) in [5, 5.41) is 5.21. The Balaban J connectivity index is 1.15. The number of nitrogens with zero attached hydrogens (tertiary/aromatic N) is 3. The van der Waals surface area contributed by atoms with Crippen LogP contribution in [-0.4, -0.2) is 20.4 Å². The third-order valence-electron chi connectivity index (χ3n) is 7.97. The second kappa shape index (κ2) is 12.7. The molecule has 48 heavy (non-hydrogen) atoms. The molecule has 0 unspecified atom stereocenters. The molecule has 0 bridgehead atoms. The summed E-state index contributed by atoms with van der Waals surface area (Å²) in [7, 11) is 0. The van der Waals surface area contributed by atoms with Crippen molar-refractivity contribution < 1.29 is 4.79 Å². The minimum absolute atomic E-state index is 0.182. The van der Waals surface area contributed by atoms with Gasteiger partial charge in [-0.25, -0.2) is 9.97 Å². The first-order valence-electron chi connectivity index (χ1n) is 15.1. The monoisotopic (exact) mass is 700 g/mol. The summed E-state index contributed by atoms with van der Waals surface area (Å²) in [6, 6.07) is 37.0. The Morgan fingerprint density at radius 1 is 0.812 bits per heavy atom. The van der Waals surface area contributed by atoms with E-state index in [0.717, 1.165) is 51.9 Å². The van der Waals surface area contributed by atoms with Crippen molar-refractivity contribution in [2.75, 3.05) is 5.32 Å². The van der Waals surface area contributed by atoms with E-state index in [1.165, 1.54) is 33.2 Å². The molecule has 0 aliphatic carbocycles. The van der Waals surface area contributed by atoms with Gasteiger partial charge in [0.15, 0.2) is 4.34 Å². The standard InChI is InChI=1S/C38H25ClN4O2S3/c1-22-11-17-29-32(19-22)46-36(41-29)24-12-15-26(16-13-24)40-33(44)21-43-30-18-14-25(39)20-27(30)34(23-7-3-2-4-8-23)35(37(43)45)48-38-42-28-9-5-6-10-31(28)47-38/h2-20H,21H2,1H3,(H,40,44). The van der Waals surface area contributed by atoms with Crippen LogP contribution in [0.2, 0.25) is 5.02 Å². The minimum atomic E-state index is -0.319. The number of thiazole rings is 2. The van der Waals surface area contributed by atoms with Crippen molar-refractivity contribution in [3.8, 4) is 21.7 Å². The lowest BCUT2D eigenvalue weighted by molar-refractivity contribution is -0.116. The predicted octanol–water partition coefficient (Wildman–Crippen LogP) is 10.3. The molecule has 8 aromatic rings. The van der Waals surface area contributed by atoms with Gasteiger partial charge in [0.25, 0.3) is 5.56 Å². The molecule has 0 atom stereocenters. The Kier molecular flexibility index (Phi) is 8.06. The van der Waals surface area contributed by atoms with E-state index in [-0.39, 0.29) is 18.0 Å². The number of fused-ring (bicyclic) bond motifs is 3. The van der Waals surface area contributed by atoms with Crippen molar-refractivity contribution in [2.45, 2.75) is 22.7 Å². The SMILES string of the molecule is Cc1ccc2nc(-c3ccc(NC(=O)Cn4c(=O)c(Sc5nc6ccccc6s5)c(-c5ccccc5)c5cc(Cl)ccc54)cc3)sc2c1. The number of para-hydroxylation sites is 1. The fourth-order valence-corrected chi connectivity index (χ4v) is 9.20. The van der Waals surface area contributed by atoms with Crippen LogP contribution in [0.1, 0.15) is 5.56 Å². The summed E-state index contributed by atoms with van der Waals surface area (Å²) in [6.45, 7) is 1.89. The van der Waals surface area contributed by atoms with Gasteiger partial charge in [-0.1, -0.05) is 71.9 Å². The van der Waals surface area contributed by atoms with Gasteiger partial charge in [-0.15, -0.1) is 22.7 Å². The Bertz CT molecular complexity index is 2530. The van der Waals surface area contributed by atoms with Gasteiger partial charge in [0.1, 0.15) is 11.6 Å². The van der Waals surface area contributed by atoms with E-state index >= 15 is 0 Å². The molecule has 0 spiro atoms. The Morgan fingerprint density at radius 2 is 1.58 bits per heavy atom. The van der Waals surface area contributed by atoms with Crippen LogP contribution in [0.25, 0.3) is 53.0 Å². The molecule has 0 radical (unpaired) electrons. The van der Waals surface area contributed by atoms with Crippen LogP contribution in [0.4, 0.5) is 5.69 Å². The first kappa shape index (κ1) is 30.5. The number of rotatable bonds is 7. The number of carbonyl (C=O) groups excluding carboxylic acids is 1. The molecule has 5 aromatic carbocycles. The highest BCUT2D eigenvalue weighted by Gasteiger charge is 2.22. The lowest BCUT2D eigenvalue weighted by Crippen LogP contribution is -2.29. The summed E-state index contributed by atoms with van der Waals surface area (Å²) in [5.74, 6) is -0.319. The van der Waals surface area contributed by atoms with Crippen LogP contribution in [0.3, 0.4) is 0 Å². The van der Waals surface area contributed by atoms with Gasteiger partial charge >= 0.3 is 0 Å². The van der Waals surface area contributed by atoms with Gasteiger partial charge in [-0.2, -0.15) is 0 Å². The molecular formula is C38H25ClN4O2S3. The number of benzene rings is 5. The van der Waals surface area contributed by atoms with Gasteiger partial charge < -0.3 is 5.32 Å². The molecule has 1 amide bonds. The van der Waals surface area contributed by atoms with E-state index < -0.39 is 0 Å². The van der Waals surface area contributed by atoms with Gasteiger partial charge in [0.2, 0.25) is 5.91 Å². The minimum Gasteiger partial charge on any atom is -0.325 e. The van der Waals surface area contributed by atoms with Crippen LogP contribution in [0, 0.1) is 6.92 Å². The molecule has 0 saturated carbocycles. The zero-order valence-corrected chi connectivity index (χ0v) is 28.6. The zero-order chi connectivity index (χ0) is 32.8. The molecule has 8 rings (SSSR count). The number of hydrogen-bond acceptors (Lipinski definition) is 7. The number of pyridine rings is 1. The quantitative estimate of drug-likeness (QED) is 0.179. The molecule has 1 N–H and O–H groups in total. The molecule has 0 fully saturated rings. The fourth-order valence-electron chi connectivity index (χ4n) is 5.73. The Morgan fingerprint density at radius 3 is 2.40 bits per heavy atom. The van der Waals surface area contributed by atoms with Crippen LogP contribution in [-0.2, 0) is 11.3 Å². The van der Waals surface area contributed by atoms with E-state index in [4.69, 9.17) is 21.6 Å².